The topological polar surface area (TPSA) is 98.9 Å². The van der Waals surface area contributed by atoms with Gasteiger partial charge in [-0.2, -0.15) is 13.2 Å². The van der Waals surface area contributed by atoms with E-state index >= 15 is 0 Å². The van der Waals surface area contributed by atoms with Crippen molar-refractivity contribution in [2.75, 3.05) is 0 Å². The van der Waals surface area contributed by atoms with E-state index in [1.54, 1.807) is 0 Å². The third-order valence-corrected chi connectivity index (χ3v) is 3.01. The van der Waals surface area contributed by atoms with Crippen molar-refractivity contribution in [1.82, 2.24) is 0 Å². The molecule has 7 nitrogen and oxygen atoms in total. The molecule has 24 heavy (non-hydrogen) atoms. The average Bonchev–Trinajstić information content (AvgIpc) is 2.45. The number of aliphatic imine (C=N–C) groups is 1. The molecule has 1 aliphatic heterocycles. The van der Waals surface area contributed by atoms with Gasteiger partial charge in [-0.1, -0.05) is 12.1 Å². The van der Waals surface area contributed by atoms with Crippen LogP contribution in [0.25, 0.3) is 0 Å². The van der Waals surface area contributed by atoms with E-state index in [-0.39, 0.29) is 5.71 Å². The standard InChI is InChI=1S/C14H9F3N2O5/c1-7-6-10(11(19(22)23)12(20)18-7)24-13(21)8-4-2-3-5-9(8)14(15,16)17/h2-6,11H,1H3. The van der Waals surface area contributed by atoms with Crippen molar-refractivity contribution in [3.8, 4) is 0 Å². The molecule has 0 N–H and O–H groups in total. The summed E-state index contributed by atoms with van der Waals surface area (Å²) in [5.74, 6) is -3.31. The molecule has 1 aliphatic rings. The van der Waals surface area contributed by atoms with Crippen LogP contribution in [0.15, 0.2) is 41.1 Å². The molecular formula is C14H9F3N2O5. The molecule has 0 spiro atoms. The van der Waals surface area contributed by atoms with Crippen molar-refractivity contribution in [2.45, 2.75) is 19.1 Å². The SMILES string of the molecule is CC1=NC(=O)C([N+](=O)[O-])C(OC(=O)c2ccccc2C(F)(F)F)=C1. The second kappa shape index (κ2) is 6.22. The van der Waals surface area contributed by atoms with Crippen LogP contribution in [0.4, 0.5) is 13.2 Å². The van der Waals surface area contributed by atoms with Gasteiger partial charge in [0.2, 0.25) is 0 Å². The maximum atomic E-state index is 12.9. The smallest absolute Gasteiger partial charge is 0.417 e. The fourth-order valence-electron chi connectivity index (χ4n) is 2.02. The molecule has 1 atom stereocenters. The van der Waals surface area contributed by atoms with Crippen LogP contribution >= 0.6 is 0 Å². The van der Waals surface area contributed by atoms with Gasteiger partial charge in [0.05, 0.1) is 11.1 Å². The molecule has 0 saturated heterocycles. The van der Waals surface area contributed by atoms with E-state index in [2.05, 4.69) is 4.99 Å². The van der Waals surface area contributed by atoms with E-state index in [0.29, 0.717) is 6.07 Å². The molecule has 1 amide bonds. The minimum Gasteiger partial charge on any atom is -0.419 e. The second-order valence-corrected chi connectivity index (χ2v) is 4.76. The highest BCUT2D eigenvalue weighted by Gasteiger charge is 2.41. The number of alkyl halides is 3. The van der Waals surface area contributed by atoms with Crippen molar-refractivity contribution < 1.29 is 32.4 Å². The van der Waals surface area contributed by atoms with Crippen molar-refractivity contribution in [3.63, 3.8) is 0 Å². The van der Waals surface area contributed by atoms with Crippen LogP contribution < -0.4 is 0 Å². The van der Waals surface area contributed by atoms with Gasteiger partial charge in [-0.25, -0.2) is 9.79 Å². The van der Waals surface area contributed by atoms with Crippen molar-refractivity contribution in [3.05, 3.63) is 57.3 Å². The van der Waals surface area contributed by atoms with E-state index < -0.39 is 45.9 Å². The van der Waals surface area contributed by atoms with Crippen LogP contribution in [-0.4, -0.2) is 28.6 Å². The van der Waals surface area contributed by atoms with Gasteiger partial charge >= 0.3 is 24.1 Å². The van der Waals surface area contributed by atoms with E-state index in [4.69, 9.17) is 4.74 Å². The van der Waals surface area contributed by atoms with Crippen LogP contribution in [0.5, 0.6) is 0 Å². The van der Waals surface area contributed by atoms with Gasteiger partial charge in [-0.05, 0) is 19.1 Å². The molecule has 0 aliphatic carbocycles. The number of dihydropyridines is 1. The molecular weight excluding hydrogens is 333 g/mol. The first kappa shape index (κ1) is 17.3. The number of benzene rings is 1. The Morgan fingerprint density at radius 3 is 2.54 bits per heavy atom. The summed E-state index contributed by atoms with van der Waals surface area (Å²) in [6.07, 6.45) is -3.85. The number of nitro groups is 1. The normalized spacial score (nSPS) is 17.8. The van der Waals surface area contributed by atoms with E-state index in [1.807, 2.05) is 0 Å². The first-order valence-electron chi connectivity index (χ1n) is 6.44. The number of nitrogens with zero attached hydrogens (tertiary/aromatic N) is 2. The lowest BCUT2D eigenvalue weighted by Crippen LogP contribution is -2.35. The molecule has 0 bridgehead atoms. The summed E-state index contributed by atoms with van der Waals surface area (Å²) in [7, 11) is 0. The zero-order valence-electron chi connectivity index (χ0n) is 12.0. The third-order valence-electron chi connectivity index (χ3n) is 3.01. The van der Waals surface area contributed by atoms with Crippen LogP contribution in [-0.2, 0) is 15.7 Å². The minimum absolute atomic E-state index is 0.0324. The molecule has 0 fully saturated rings. The van der Waals surface area contributed by atoms with E-state index in [9.17, 15) is 32.9 Å². The predicted molar refractivity (Wildman–Crippen MR) is 73.8 cm³/mol. The number of esters is 1. The Kier molecular flexibility index (Phi) is 4.49. The molecule has 126 valence electrons. The van der Waals surface area contributed by atoms with Crippen LogP contribution in [0.1, 0.15) is 22.8 Å². The highest BCUT2D eigenvalue weighted by Crippen LogP contribution is 2.32. The van der Waals surface area contributed by atoms with Crippen LogP contribution in [0, 0.1) is 10.1 Å². The molecule has 1 heterocycles. The lowest BCUT2D eigenvalue weighted by atomic mass is 10.1. The highest BCUT2D eigenvalue weighted by atomic mass is 19.4. The predicted octanol–water partition coefficient (Wildman–Crippen LogP) is 2.39. The van der Waals surface area contributed by atoms with E-state index in [1.165, 1.54) is 13.0 Å². The number of amides is 1. The second-order valence-electron chi connectivity index (χ2n) is 4.76. The Morgan fingerprint density at radius 2 is 1.96 bits per heavy atom. The van der Waals surface area contributed by atoms with Gasteiger partial charge in [-0.3, -0.25) is 14.9 Å². The number of halogens is 3. The Labute approximate surface area is 132 Å². The van der Waals surface area contributed by atoms with E-state index in [0.717, 1.165) is 18.2 Å². The minimum atomic E-state index is -4.81. The summed E-state index contributed by atoms with van der Waals surface area (Å²) < 4.78 is 43.4. The van der Waals surface area contributed by atoms with Crippen molar-refractivity contribution in [2.24, 2.45) is 4.99 Å². The van der Waals surface area contributed by atoms with Crippen LogP contribution in [0.2, 0.25) is 0 Å². The summed E-state index contributed by atoms with van der Waals surface area (Å²) in [4.78, 5) is 36.8. The lowest BCUT2D eigenvalue weighted by Gasteiger charge is -2.16. The van der Waals surface area contributed by atoms with Gasteiger partial charge in [-0.15, -0.1) is 0 Å². The molecule has 10 heteroatoms. The van der Waals surface area contributed by atoms with Crippen molar-refractivity contribution in [1.29, 1.82) is 0 Å². The highest BCUT2D eigenvalue weighted by molar-refractivity contribution is 6.07. The Balaban J connectivity index is 2.38. The van der Waals surface area contributed by atoms with Gasteiger partial charge in [0, 0.05) is 16.7 Å². The summed E-state index contributed by atoms with van der Waals surface area (Å²) in [5, 5.41) is 10.9. The van der Waals surface area contributed by atoms with Crippen LogP contribution in [0.3, 0.4) is 0 Å². The lowest BCUT2D eigenvalue weighted by molar-refractivity contribution is -0.501. The Bertz CT molecular complexity index is 783. The Morgan fingerprint density at radius 1 is 1.33 bits per heavy atom. The maximum absolute atomic E-state index is 12.9. The maximum Gasteiger partial charge on any atom is 0.417 e. The number of carbonyl (C=O) groups excluding carboxylic acids is 2. The average molecular weight is 342 g/mol. The zero-order valence-corrected chi connectivity index (χ0v) is 12.0. The zero-order chi connectivity index (χ0) is 18.1. The molecule has 2 rings (SSSR count). The fourth-order valence-corrected chi connectivity index (χ4v) is 2.02. The van der Waals surface area contributed by atoms with Crippen molar-refractivity contribution >= 4 is 17.6 Å². The number of hydrogen-bond acceptors (Lipinski definition) is 5. The molecule has 1 aromatic carbocycles. The number of ether oxygens (including phenoxy) is 1. The molecule has 1 unspecified atom stereocenters. The third kappa shape index (κ3) is 3.47. The van der Waals surface area contributed by atoms with Gasteiger partial charge in [0.15, 0.2) is 5.76 Å². The van der Waals surface area contributed by atoms with Gasteiger partial charge in [0.1, 0.15) is 0 Å². The molecule has 0 saturated carbocycles. The summed E-state index contributed by atoms with van der Waals surface area (Å²) in [6.45, 7) is 1.32. The summed E-state index contributed by atoms with van der Waals surface area (Å²) in [6, 6.07) is 1.74. The van der Waals surface area contributed by atoms with Gasteiger partial charge < -0.3 is 4.74 Å². The fraction of sp³-hybridized carbons (Fsp3) is 0.214. The molecule has 1 aromatic rings. The molecule has 0 aromatic heterocycles. The number of rotatable bonds is 3. The summed E-state index contributed by atoms with van der Waals surface area (Å²) >= 11 is 0. The summed E-state index contributed by atoms with van der Waals surface area (Å²) in [5.41, 5.74) is -2.04. The number of carbonyl (C=O) groups is 2. The first-order valence-corrected chi connectivity index (χ1v) is 6.44. The van der Waals surface area contributed by atoms with Gasteiger partial charge in [0.25, 0.3) is 0 Å². The Hall–Kier alpha value is -3.04. The number of hydrogen-bond donors (Lipinski definition) is 0. The largest absolute Gasteiger partial charge is 0.419 e. The quantitative estimate of drug-likeness (QED) is 0.477. The molecule has 0 radical (unpaired) electrons. The number of allylic oxidation sites excluding steroid dienone is 1. The first-order chi connectivity index (χ1) is 11.1. The monoisotopic (exact) mass is 342 g/mol.